The first kappa shape index (κ1) is 10.3. The molecule has 0 fully saturated rings. The lowest BCUT2D eigenvalue weighted by Gasteiger charge is -1.99. The van der Waals surface area contributed by atoms with Crippen molar-refractivity contribution in [2.24, 2.45) is 0 Å². The van der Waals surface area contributed by atoms with Crippen molar-refractivity contribution >= 4 is 45.8 Å². The van der Waals surface area contributed by atoms with Gasteiger partial charge in [0.2, 0.25) is 0 Å². The Balaban J connectivity index is 2.47. The summed E-state index contributed by atoms with van der Waals surface area (Å²) in [4.78, 5) is 7.30. The van der Waals surface area contributed by atoms with Crippen molar-refractivity contribution in [3.8, 4) is 11.4 Å². The van der Waals surface area contributed by atoms with Crippen LogP contribution in [0.15, 0.2) is 24.4 Å². The van der Waals surface area contributed by atoms with Gasteiger partial charge in [0.05, 0.1) is 19.9 Å². The van der Waals surface area contributed by atoms with Gasteiger partial charge < -0.3 is 4.98 Å². The Hall–Kier alpha value is -0.260. The van der Waals surface area contributed by atoms with E-state index in [4.69, 9.17) is 23.2 Å². The van der Waals surface area contributed by atoms with Crippen molar-refractivity contribution in [1.29, 1.82) is 0 Å². The van der Waals surface area contributed by atoms with Crippen LogP contribution in [-0.4, -0.2) is 9.97 Å². The average molecular weight is 339 g/mol. The third-order valence-electron chi connectivity index (χ3n) is 1.74. The van der Waals surface area contributed by atoms with E-state index < -0.39 is 0 Å². The summed E-state index contributed by atoms with van der Waals surface area (Å²) >= 11 is 13.9. The Morgan fingerprint density at radius 3 is 2.57 bits per heavy atom. The lowest BCUT2D eigenvalue weighted by Crippen LogP contribution is -1.80. The fourth-order valence-corrected chi connectivity index (χ4v) is 1.78. The zero-order valence-corrected chi connectivity index (χ0v) is 10.6. The molecule has 0 unspecified atom stereocenters. The van der Waals surface area contributed by atoms with E-state index in [-0.39, 0.29) is 0 Å². The highest BCUT2D eigenvalue weighted by Crippen LogP contribution is 2.27. The summed E-state index contributed by atoms with van der Waals surface area (Å²) in [6, 6.07) is 5.43. The molecule has 2 rings (SSSR count). The molecule has 0 spiro atoms. The van der Waals surface area contributed by atoms with Crippen molar-refractivity contribution in [2.75, 3.05) is 0 Å². The number of aromatic nitrogens is 2. The van der Waals surface area contributed by atoms with E-state index in [2.05, 4.69) is 32.6 Å². The summed E-state index contributed by atoms with van der Waals surface area (Å²) < 4.78 is 0.990. The predicted octanol–water partition coefficient (Wildman–Crippen LogP) is 3.99. The van der Waals surface area contributed by atoms with Crippen molar-refractivity contribution in [3.63, 3.8) is 0 Å². The molecule has 5 heteroatoms. The summed E-state index contributed by atoms with van der Waals surface area (Å²) in [5.41, 5.74) is 0.933. The van der Waals surface area contributed by atoms with Crippen LogP contribution in [0.1, 0.15) is 0 Å². The molecule has 0 atom stereocenters. The summed E-state index contributed by atoms with van der Waals surface area (Å²) in [7, 11) is 0. The van der Waals surface area contributed by atoms with Crippen LogP contribution in [0.2, 0.25) is 10.0 Å². The maximum Gasteiger partial charge on any atom is 0.138 e. The summed E-state index contributed by atoms with van der Waals surface area (Å²) in [6.45, 7) is 0. The molecule has 0 amide bonds. The normalized spacial score (nSPS) is 10.5. The van der Waals surface area contributed by atoms with Gasteiger partial charge >= 0.3 is 0 Å². The maximum absolute atomic E-state index is 5.90. The van der Waals surface area contributed by atoms with Crippen LogP contribution >= 0.6 is 45.8 Å². The predicted molar refractivity (Wildman–Crippen MR) is 66.8 cm³/mol. The SMILES string of the molecule is Clc1ccc(-c2ncc(I)[nH]2)cc1Cl. The molecule has 72 valence electrons. The Bertz CT molecular complexity index is 468. The molecule has 2 nitrogen and oxygen atoms in total. The highest BCUT2D eigenvalue weighted by molar-refractivity contribution is 14.1. The molecule has 0 saturated carbocycles. The Morgan fingerprint density at radius 2 is 2.00 bits per heavy atom. The van der Waals surface area contributed by atoms with Crippen LogP contribution in [0.4, 0.5) is 0 Å². The Morgan fingerprint density at radius 1 is 1.21 bits per heavy atom. The lowest BCUT2D eigenvalue weighted by atomic mass is 10.2. The van der Waals surface area contributed by atoms with Crippen LogP contribution in [0, 0.1) is 3.70 Å². The smallest absolute Gasteiger partial charge is 0.138 e. The molecule has 1 aromatic heterocycles. The Labute approximate surface area is 105 Å². The molecular formula is C9H5Cl2IN2. The first-order valence-electron chi connectivity index (χ1n) is 3.83. The largest absolute Gasteiger partial charge is 0.333 e. The van der Waals surface area contributed by atoms with Crippen molar-refractivity contribution in [1.82, 2.24) is 9.97 Å². The zero-order valence-electron chi connectivity index (χ0n) is 6.89. The van der Waals surface area contributed by atoms with Gasteiger partial charge in [0.1, 0.15) is 5.82 Å². The molecule has 14 heavy (non-hydrogen) atoms. The third kappa shape index (κ3) is 2.04. The number of aromatic amines is 1. The maximum atomic E-state index is 5.90. The van der Waals surface area contributed by atoms with Crippen molar-refractivity contribution in [3.05, 3.63) is 38.1 Å². The van der Waals surface area contributed by atoms with Gasteiger partial charge in [-0.1, -0.05) is 23.2 Å². The number of hydrogen-bond acceptors (Lipinski definition) is 1. The van der Waals surface area contributed by atoms with Crippen molar-refractivity contribution in [2.45, 2.75) is 0 Å². The van der Waals surface area contributed by atoms with E-state index >= 15 is 0 Å². The summed E-state index contributed by atoms with van der Waals surface area (Å²) in [6.07, 6.45) is 1.76. The second-order valence-corrected chi connectivity index (χ2v) is 4.69. The minimum absolute atomic E-state index is 0.538. The number of hydrogen-bond donors (Lipinski definition) is 1. The van der Waals surface area contributed by atoms with E-state index in [0.29, 0.717) is 10.0 Å². The van der Waals surface area contributed by atoms with Crippen LogP contribution in [-0.2, 0) is 0 Å². The minimum atomic E-state index is 0.538. The van der Waals surface area contributed by atoms with E-state index in [0.717, 1.165) is 15.1 Å². The number of imidazole rings is 1. The number of H-pyrrole nitrogens is 1. The van der Waals surface area contributed by atoms with Gasteiger partial charge in [-0.15, -0.1) is 0 Å². The molecule has 1 aromatic carbocycles. The van der Waals surface area contributed by atoms with E-state index in [1.165, 1.54) is 0 Å². The van der Waals surface area contributed by atoms with Crippen LogP contribution in [0.25, 0.3) is 11.4 Å². The summed E-state index contributed by atoms with van der Waals surface area (Å²) in [5.74, 6) is 0.799. The first-order valence-corrected chi connectivity index (χ1v) is 5.66. The second kappa shape index (κ2) is 4.08. The lowest BCUT2D eigenvalue weighted by molar-refractivity contribution is 1.30. The number of halogens is 3. The van der Waals surface area contributed by atoms with Crippen molar-refractivity contribution < 1.29 is 0 Å². The quantitative estimate of drug-likeness (QED) is 0.782. The van der Waals surface area contributed by atoms with Gasteiger partial charge in [0.25, 0.3) is 0 Å². The number of rotatable bonds is 1. The highest BCUT2D eigenvalue weighted by atomic mass is 127. The van der Waals surface area contributed by atoms with E-state index in [9.17, 15) is 0 Å². The van der Waals surface area contributed by atoms with Gasteiger partial charge in [-0.2, -0.15) is 0 Å². The van der Waals surface area contributed by atoms with Gasteiger partial charge in [-0.05, 0) is 40.8 Å². The van der Waals surface area contributed by atoms with E-state index in [1.807, 2.05) is 6.07 Å². The molecule has 1 heterocycles. The molecule has 0 saturated heterocycles. The molecule has 0 aliphatic rings. The van der Waals surface area contributed by atoms with Crippen LogP contribution in [0.3, 0.4) is 0 Å². The topological polar surface area (TPSA) is 28.7 Å². The molecule has 0 aliphatic carbocycles. The third-order valence-corrected chi connectivity index (χ3v) is 3.03. The number of nitrogens with one attached hydrogen (secondary N) is 1. The molecule has 2 aromatic rings. The van der Waals surface area contributed by atoms with Gasteiger partial charge in [0, 0.05) is 5.56 Å². The second-order valence-electron chi connectivity index (χ2n) is 2.71. The molecule has 0 radical (unpaired) electrons. The summed E-state index contributed by atoms with van der Waals surface area (Å²) in [5, 5.41) is 1.09. The molecule has 0 aliphatic heterocycles. The fraction of sp³-hybridized carbons (Fsp3) is 0. The standard InChI is InChI=1S/C9H5Cl2IN2/c10-6-2-1-5(3-7(6)11)9-13-4-8(12)14-9/h1-4H,(H,13,14). The van der Waals surface area contributed by atoms with Crippen LogP contribution in [0.5, 0.6) is 0 Å². The van der Waals surface area contributed by atoms with Gasteiger partial charge in [-0.25, -0.2) is 4.98 Å². The van der Waals surface area contributed by atoms with Gasteiger partial charge in [-0.3, -0.25) is 0 Å². The fourth-order valence-electron chi connectivity index (χ4n) is 1.09. The first-order chi connectivity index (χ1) is 6.66. The molecule has 1 N–H and O–H groups in total. The minimum Gasteiger partial charge on any atom is -0.333 e. The Kier molecular flexibility index (Phi) is 2.99. The molecular weight excluding hydrogens is 334 g/mol. The number of benzene rings is 1. The highest BCUT2D eigenvalue weighted by Gasteiger charge is 2.04. The van der Waals surface area contributed by atoms with E-state index in [1.54, 1.807) is 18.3 Å². The monoisotopic (exact) mass is 338 g/mol. The van der Waals surface area contributed by atoms with Gasteiger partial charge in [0.15, 0.2) is 0 Å². The number of nitrogens with zero attached hydrogens (tertiary/aromatic N) is 1. The zero-order chi connectivity index (χ0) is 10.1. The average Bonchev–Trinajstić information content (AvgIpc) is 2.57. The molecule has 0 bridgehead atoms. The van der Waals surface area contributed by atoms with Crippen LogP contribution < -0.4 is 0 Å².